The van der Waals surface area contributed by atoms with E-state index in [2.05, 4.69) is 10.5 Å². The Balaban J connectivity index is 1.48. The van der Waals surface area contributed by atoms with Gasteiger partial charge in [0.15, 0.2) is 0 Å². The zero-order valence-electron chi connectivity index (χ0n) is 22.7. The highest BCUT2D eigenvalue weighted by Crippen LogP contribution is 2.32. The zero-order chi connectivity index (χ0) is 29.4. The Morgan fingerprint density at radius 1 is 0.976 bits per heavy atom. The molecule has 0 unspecified atom stereocenters. The van der Waals surface area contributed by atoms with Crippen LogP contribution in [0.15, 0.2) is 99.3 Å². The molecule has 0 aliphatic carbocycles. The third-order valence-electron chi connectivity index (χ3n) is 5.94. The van der Waals surface area contributed by atoms with Crippen LogP contribution in [-0.4, -0.2) is 46.8 Å². The molecule has 1 heterocycles. The highest BCUT2D eigenvalue weighted by Gasteiger charge is 2.29. The van der Waals surface area contributed by atoms with Gasteiger partial charge < -0.3 is 13.9 Å². The van der Waals surface area contributed by atoms with Crippen molar-refractivity contribution in [3.8, 4) is 17.1 Å². The quantitative estimate of drug-likeness (QED) is 0.155. The number of furan rings is 1. The average molecular weight is 576 g/mol. The maximum Gasteiger partial charge on any atom is 0.338 e. The SMILES string of the molecule is CCOC(=O)c1ccc(-c2ccc(/C=N/NC(=O)CN(c3ccccc3OC)S(=O)(=O)c3ccc(C)cc3)o2)cc1. The first-order valence-corrected chi connectivity index (χ1v) is 14.1. The van der Waals surface area contributed by atoms with E-state index in [0.29, 0.717) is 23.7 Å². The summed E-state index contributed by atoms with van der Waals surface area (Å²) in [7, 11) is -2.70. The molecule has 1 N–H and O–H groups in total. The highest BCUT2D eigenvalue weighted by molar-refractivity contribution is 7.92. The van der Waals surface area contributed by atoms with Crippen LogP contribution < -0.4 is 14.5 Å². The number of anilines is 1. The minimum absolute atomic E-state index is 0.0312. The third-order valence-corrected chi connectivity index (χ3v) is 7.71. The second-order valence-corrected chi connectivity index (χ2v) is 10.7. The van der Waals surface area contributed by atoms with Crippen molar-refractivity contribution in [3.05, 3.63) is 102 Å². The summed E-state index contributed by atoms with van der Waals surface area (Å²) in [5.41, 5.74) is 4.62. The van der Waals surface area contributed by atoms with Crippen LogP contribution in [0.25, 0.3) is 11.3 Å². The summed E-state index contributed by atoms with van der Waals surface area (Å²) in [4.78, 5) is 24.7. The number of nitrogens with zero attached hydrogens (tertiary/aromatic N) is 2. The monoisotopic (exact) mass is 575 g/mol. The van der Waals surface area contributed by atoms with Gasteiger partial charge in [0, 0.05) is 5.56 Å². The smallest absolute Gasteiger partial charge is 0.338 e. The predicted octanol–water partition coefficient (Wildman–Crippen LogP) is 4.79. The molecule has 1 amide bonds. The highest BCUT2D eigenvalue weighted by atomic mass is 32.2. The summed E-state index contributed by atoms with van der Waals surface area (Å²) in [6.07, 6.45) is 1.30. The molecular formula is C30H29N3O7S. The Morgan fingerprint density at radius 2 is 1.68 bits per heavy atom. The van der Waals surface area contributed by atoms with Crippen LogP contribution in [0.2, 0.25) is 0 Å². The molecule has 1 aromatic heterocycles. The van der Waals surface area contributed by atoms with Crippen molar-refractivity contribution in [1.82, 2.24) is 5.43 Å². The fourth-order valence-electron chi connectivity index (χ4n) is 3.87. The Morgan fingerprint density at radius 3 is 2.37 bits per heavy atom. The normalized spacial score (nSPS) is 11.3. The molecule has 0 atom stereocenters. The molecule has 4 aromatic rings. The lowest BCUT2D eigenvalue weighted by molar-refractivity contribution is -0.119. The molecule has 0 bridgehead atoms. The van der Waals surface area contributed by atoms with Gasteiger partial charge in [0.2, 0.25) is 0 Å². The van der Waals surface area contributed by atoms with E-state index in [9.17, 15) is 18.0 Å². The van der Waals surface area contributed by atoms with Crippen LogP contribution in [-0.2, 0) is 19.6 Å². The van der Waals surface area contributed by atoms with Crippen LogP contribution in [0.3, 0.4) is 0 Å². The van der Waals surface area contributed by atoms with E-state index in [1.54, 1.807) is 79.7 Å². The Labute approximate surface area is 238 Å². The molecular weight excluding hydrogens is 546 g/mol. The standard InChI is InChI=1S/C30H29N3O7S/c1-4-39-30(35)23-13-11-22(12-14-23)27-18-15-24(40-27)19-31-32-29(34)20-33(26-7-5-6-8-28(26)38-3)41(36,37)25-16-9-21(2)10-17-25/h5-19H,4,20H2,1-3H3,(H,32,34)/b31-19+. The lowest BCUT2D eigenvalue weighted by Crippen LogP contribution is -2.39. The van der Waals surface area contributed by atoms with E-state index in [4.69, 9.17) is 13.9 Å². The molecule has 212 valence electrons. The number of nitrogens with one attached hydrogen (secondary N) is 1. The van der Waals surface area contributed by atoms with Crippen LogP contribution >= 0.6 is 0 Å². The Hall–Kier alpha value is -4.90. The third kappa shape index (κ3) is 7.00. The number of esters is 1. The van der Waals surface area contributed by atoms with Crippen molar-refractivity contribution in [2.75, 3.05) is 24.6 Å². The van der Waals surface area contributed by atoms with Crippen LogP contribution in [0.5, 0.6) is 5.75 Å². The summed E-state index contributed by atoms with van der Waals surface area (Å²) in [5.74, 6) is 0.0865. The number of ether oxygens (including phenoxy) is 2. The summed E-state index contributed by atoms with van der Waals surface area (Å²) < 4.78 is 44.3. The molecule has 0 spiro atoms. The summed E-state index contributed by atoms with van der Waals surface area (Å²) in [5, 5.41) is 3.93. The second-order valence-electron chi connectivity index (χ2n) is 8.79. The van der Waals surface area contributed by atoms with E-state index in [0.717, 1.165) is 15.4 Å². The van der Waals surface area contributed by atoms with Gasteiger partial charge in [-0.25, -0.2) is 18.6 Å². The summed E-state index contributed by atoms with van der Waals surface area (Å²) in [6, 6.07) is 23.0. The first-order valence-electron chi connectivity index (χ1n) is 12.6. The summed E-state index contributed by atoms with van der Waals surface area (Å²) in [6.45, 7) is 3.33. The van der Waals surface area contributed by atoms with E-state index in [1.807, 2.05) is 6.92 Å². The number of para-hydroxylation sites is 2. The molecule has 0 aliphatic rings. The largest absolute Gasteiger partial charge is 0.495 e. The fourth-order valence-corrected chi connectivity index (χ4v) is 5.30. The molecule has 10 nitrogen and oxygen atoms in total. The van der Waals surface area contributed by atoms with Crippen LogP contribution in [0.1, 0.15) is 28.6 Å². The van der Waals surface area contributed by atoms with Gasteiger partial charge in [0.1, 0.15) is 23.8 Å². The van der Waals surface area contributed by atoms with Gasteiger partial charge in [-0.1, -0.05) is 42.0 Å². The second kappa shape index (κ2) is 13.0. The number of benzene rings is 3. The molecule has 3 aromatic carbocycles. The fraction of sp³-hybridized carbons (Fsp3) is 0.167. The first-order chi connectivity index (χ1) is 19.7. The van der Waals surface area contributed by atoms with Crippen molar-refractivity contribution in [3.63, 3.8) is 0 Å². The number of hydrogen-bond acceptors (Lipinski definition) is 8. The number of carbonyl (C=O) groups is 2. The minimum atomic E-state index is -4.12. The van der Waals surface area contributed by atoms with Crippen molar-refractivity contribution in [2.24, 2.45) is 5.10 Å². The Kier molecular flexibility index (Phi) is 9.20. The molecule has 4 rings (SSSR count). The average Bonchev–Trinajstić information content (AvgIpc) is 3.45. The number of hydrazone groups is 1. The number of methoxy groups -OCH3 is 1. The van der Waals surface area contributed by atoms with Crippen molar-refractivity contribution < 1.29 is 31.9 Å². The number of aryl methyl sites for hydroxylation is 1. The van der Waals surface area contributed by atoms with Crippen molar-refractivity contribution in [1.29, 1.82) is 0 Å². The van der Waals surface area contributed by atoms with E-state index in [-0.39, 0.29) is 16.3 Å². The predicted molar refractivity (Wildman–Crippen MR) is 155 cm³/mol. The molecule has 0 saturated heterocycles. The topological polar surface area (TPSA) is 128 Å². The van der Waals surface area contributed by atoms with Gasteiger partial charge in [-0.3, -0.25) is 9.10 Å². The van der Waals surface area contributed by atoms with Gasteiger partial charge in [-0.15, -0.1) is 0 Å². The van der Waals surface area contributed by atoms with E-state index in [1.165, 1.54) is 25.5 Å². The molecule has 11 heteroatoms. The molecule has 41 heavy (non-hydrogen) atoms. The van der Waals surface area contributed by atoms with Crippen LogP contribution in [0, 0.1) is 6.92 Å². The van der Waals surface area contributed by atoms with Gasteiger partial charge in [-0.05, 0) is 62.4 Å². The van der Waals surface area contributed by atoms with Crippen LogP contribution in [0.4, 0.5) is 5.69 Å². The maximum atomic E-state index is 13.6. The van der Waals surface area contributed by atoms with E-state index < -0.39 is 28.4 Å². The van der Waals surface area contributed by atoms with Gasteiger partial charge >= 0.3 is 5.97 Å². The zero-order valence-corrected chi connectivity index (χ0v) is 23.6. The number of sulfonamides is 1. The van der Waals surface area contributed by atoms with Gasteiger partial charge in [0.25, 0.3) is 15.9 Å². The lowest BCUT2D eigenvalue weighted by atomic mass is 10.1. The number of hydrogen-bond donors (Lipinski definition) is 1. The minimum Gasteiger partial charge on any atom is -0.495 e. The molecule has 0 aliphatic heterocycles. The first kappa shape index (κ1) is 29.1. The van der Waals surface area contributed by atoms with Crippen molar-refractivity contribution >= 4 is 33.8 Å². The Bertz CT molecular complexity index is 1640. The molecule has 0 radical (unpaired) electrons. The number of amides is 1. The number of rotatable bonds is 11. The number of carbonyl (C=O) groups excluding carboxylic acids is 2. The van der Waals surface area contributed by atoms with Gasteiger partial charge in [0.05, 0.1) is 36.1 Å². The molecule has 0 fully saturated rings. The van der Waals surface area contributed by atoms with Crippen molar-refractivity contribution in [2.45, 2.75) is 18.7 Å². The maximum absolute atomic E-state index is 13.6. The summed E-state index contributed by atoms with van der Waals surface area (Å²) >= 11 is 0. The van der Waals surface area contributed by atoms with E-state index >= 15 is 0 Å². The molecule has 0 saturated carbocycles. The van der Waals surface area contributed by atoms with Gasteiger partial charge in [-0.2, -0.15) is 5.10 Å². The lowest BCUT2D eigenvalue weighted by Gasteiger charge is -2.25.